The van der Waals surface area contributed by atoms with Crippen LogP contribution in [0.2, 0.25) is 0 Å². The molecule has 6 nitrogen and oxygen atoms in total. The van der Waals surface area contributed by atoms with Crippen LogP contribution in [-0.4, -0.2) is 51.3 Å². The molecule has 1 saturated heterocycles. The van der Waals surface area contributed by atoms with E-state index in [-0.39, 0.29) is 12.2 Å². The molecule has 0 saturated carbocycles. The van der Waals surface area contributed by atoms with Crippen molar-refractivity contribution in [2.45, 2.75) is 12.6 Å². The van der Waals surface area contributed by atoms with E-state index < -0.39 is 36.4 Å². The van der Waals surface area contributed by atoms with E-state index in [2.05, 4.69) is 10.2 Å². The molecular weight excluding hydrogens is 339 g/mol. The topological polar surface area (TPSA) is 86.3 Å². The van der Waals surface area contributed by atoms with Gasteiger partial charge in [-0.05, 0) is 12.5 Å². The second kappa shape index (κ2) is 5.91. The largest absolute Gasteiger partial charge is 0.481 e. The molecule has 9 heteroatoms. The van der Waals surface area contributed by atoms with Crippen LogP contribution in [0, 0.1) is 5.41 Å². The molecule has 1 aliphatic heterocycles. The number of hydrogen-bond donors (Lipinski definition) is 2. The summed E-state index contributed by atoms with van der Waals surface area (Å²) in [6.07, 6.45) is -5.60. The fourth-order valence-electron chi connectivity index (χ4n) is 2.87. The zero-order chi connectivity index (χ0) is 18.2. The van der Waals surface area contributed by atoms with Crippen LogP contribution in [0.25, 0.3) is 11.3 Å². The molecule has 3 rings (SSSR count). The number of nitrogens with one attached hydrogen (secondary N) is 1. The van der Waals surface area contributed by atoms with Gasteiger partial charge < -0.3 is 10.0 Å². The summed E-state index contributed by atoms with van der Waals surface area (Å²) in [5.74, 6) is -2.67. The Hall–Kier alpha value is -2.84. The minimum atomic E-state index is -4.93. The van der Waals surface area contributed by atoms with Gasteiger partial charge in [0, 0.05) is 18.7 Å². The molecule has 2 aromatic rings. The first-order chi connectivity index (χ1) is 11.7. The maximum Gasteiger partial charge on any atom is 0.406 e. The van der Waals surface area contributed by atoms with Gasteiger partial charge in [-0.1, -0.05) is 30.3 Å². The van der Waals surface area contributed by atoms with Gasteiger partial charge in [0.05, 0.1) is 5.69 Å². The van der Waals surface area contributed by atoms with Crippen molar-refractivity contribution < 1.29 is 27.9 Å². The second-order valence-corrected chi connectivity index (χ2v) is 5.89. The molecule has 0 aliphatic carbocycles. The van der Waals surface area contributed by atoms with Crippen molar-refractivity contribution in [3.05, 3.63) is 42.1 Å². The summed E-state index contributed by atoms with van der Waals surface area (Å²) in [4.78, 5) is 24.5. The molecule has 2 heterocycles. The Morgan fingerprint density at radius 1 is 1.24 bits per heavy atom. The number of aromatic amines is 1. The number of halogens is 3. The molecule has 1 aromatic heterocycles. The highest BCUT2D eigenvalue weighted by Crippen LogP contribution is 2.46. The van der Waals surface area contributed by atoms with Crippen LogP contribution in [0.5, 0.6) is 0 Å². The van der Waals surface area contributed by atoms with E-state index in [9.17, 15) is 22.8 Å². The third kappa shape index (κ3) is 2.86. The molecule has 0 spiro atoms. The molecule has 2 N–H and O–H groups in total. The zero-order valence-electron chi connectivity index (χ0n) is 12.9. The number of aliphatic carboxylic acids is 1. The standard InChI is InChI=1S/C16H14F3N3O3/c17-16(18,19)15(14(24)25)6-7-22(9-15)13(23)12-8-11(20-21-12)10-4-2-1-3-5-10/h1-5,8H,6-7,9H2,(H,20,21)(H,24,25). The van der Waals surface area contributed by atoms with Crippen LogP contribution in [0.4, 0.5) is 13.2 Å². The van der Waals surface area contributed by atoms with Crippen molar-refractivity contribution in [1.82, 2.24) is 15.1 Å². The lowest BCUT2D eigenvalue weighted by Gasteiger charge is -2.27. The normalized spacial score (nSPS) is 20.7. The maximum atomic E-state index is 13.2. The number of carboxylic acid groups (broad SMARTS) is 1. The SMILES string of the molecule is O=C(c1cc(-c2ccccc2)n[nH]1)N1CCC(C(=O)O)(C(F)(F)F)C1. The van der Waals surface area contributed by atoms with Crippen LogP contribution in [0.15, 0.2) is 36.4 Å². The summed E-state index contributed by atoms with van der Waals surface area (Å²) in [6, 6.07) is 10.4. The summed E-state index contributed by atoms with van der Waals surface area (Å²) in [7, 11) is 0. The minimum absolute atomic E-state index is 0.0159. The first kappa shape index (κ1) is 17.0. The number of alkyl halides is 3. The summed E-state index contributed by atoms with van der Waals surface area (Å²) in [5.41, 5.74) is -1.69. The highest BCUT2D eigenvalue weighted by molar-refractivity contribution is 5.94. The highest BCUT2D eigenvalue weighted by atomic mass is 19.4. The van der Waals surface area contributed by atoms with E-state index in [4.69, 9.17) is 5.11 Å². The first-order valence-corrected chi connectivity index (χ1v) is 7.45. The Bertz CT molecular complexity index is 804. The van der Waals surface area contributed by atoms with Gasteiger partial charge in [-0.25, -0.2) is 0 Å². The van der Waals surface area contributed by atoms with Gasteiger partial charge in [0.1, 0.15) is 5.69 Å². The van der Waals surface area contributed by atoms with Gasteiger partial charge in [0.25, 0.3) is 5.91 Å². The second-order valence-electron chi connectivity index (χ2n) is 5.89. The van der Waals surface area contributed by atoms with Crippen LogP contribution in [-0.2, 0) is 4.79 Å². The average Bonchev–Trinajstić information content (AvgIpc) is 3.22. The predicted octanol–water partition coefficient (Wildman–Crippen LogP) is 2.56. The number of rotatable bonds is 3. The third-order valence-corrected chi connectivity index (χ3v) is 4.39. The quantitative estimate of drug-likeness (QED) is 0.888. The van der Waals surface area contributed by atoms with E-state index in [1.165, 1.54) is 6.07 Å². The molecule has 1 aliphatic rings. The lowest BCUT2D eigenvalue weighted by molar-refractivity contribution is -0.227. The summed E-state index contributed by atoms with van der Waals surface area (Å²) in [6.45, 7) is -1.20. The number of H-pyrrole nitrogens is 1. The van der Waals surface area contributed by atoms with Crippen LogP contribution < -0.4 is 0 Å². The van der Waals surface area contributed by atoms with Gasteiger partial charge in [0.2, 0.25) is 0 Å². The summed E-state index contributed by atoms with van der Waals surface area (Å²) in [5, 5.41) is 15.5. The Morgan fingerprint density at radius 2 is 1.92 bits per heavy atom. The smallest absolute Gasteiger partial charge is 0.406 e. The number of carboxylic acids is 1. The number of nitrogens with zero attached hydrogens (tertiary/aromatic N) is 2. The molecule has 0 bridgehead atoms. The average molecular weight is 353 g/mol. The molecule has 1 aromatic carbocycles. The highest BCUT2D eigenvalue weighted by Gasteiger charge is 2.64. The van der Waals surface area contributed by atoms with Crippen molar-refractivity contribution >= 4 is 11.9 Å². The third-order valence-electron chi connectivity index (χ3n) is 4.39. The number of amides is 1. The molecular formula is C16H14F3N3O3. The fraction of sp³-hybridized carbons (Fsp3) is 0.312. The van der Waals surface area contributed by atoms with E-state index in [0.717, 1.165) is 10.5 Å². The van der Waals surface area contributed by atoms with E-state index in [0.29, 0.717) is 5.69 Å². The van der Waals surface area contributed by atoms with E-state index >= 15 is 0 Å². The number of carbonyl (C=O) groups excluding carboxylic acids is 1. The van der Waals surface area contributed by atoms with E-state index in [1.54, 1.807) is 24.3 Å². The molecule has 132 valence electrons. The van der Waals surface area contributed by atoms with Crippen molar-refractivity contribution in [3.8, 4) is 11.3 Å². The maximum absolute atomic E-state index is 13.2. The van der Waals surface area contributed by atoms with Gasteiger partial charge in [-0.2, -0.15) is 18.3 Å². The number of aromatic nitrogens is 2. The fourth-order valence-corrected chi connectivity index (χ4v) is 2.87. The summed E-state index contributed by atoms with van der Waals surface area (Å²) < 4.78 is 39.6. The van der Waals surface area contributed by atoms with Gasteiger partial charge in [0.15, 0.2) is 5.41 Å². The van der Waals surface area contributed by atoms with Crippen molar-refractivity contribution in [2.24, 2.45) is 5.41 Å². The van der Waals surface area contributed by atoms with Gasteiger partial charge in [-0.15, -0.1) is 0 Å². The molecule has 1 amide bonds. The first-order valence-electron chi connectivity index (χ1n) is 7.45. The van der Waals surface area contributed by atoms with Crippen molar-refractivity contribution in [2.75, 3.05) is 13.1 Å². The summed E-state index contributed by atoms with van der Waals surface area (Å²) >= 11 is 0. The van der Waals surface area contributed by atoms with Gasteiger partial charge >= 0.3 is 12.1 Å². The molecule has 25 heavy (non-hydrogen) atoms. The number of likely N-dealkylation sites (tertiary alicyclic amines) is 1. The number of carbonyl (C=O) groups is 2. The Balaban J connectivity index is 1.81. The van der Waals surface area contributed by atoms with E-state index in [1.807, 2.05) is 6.07 Å². The zero-order valence-corrected chi connectivity index (χ0v) is 12.9. The molecule has 1 unspecified atom stereocenters. The Kier molecular flexibility index (Phi) is 4.02. The van der Waals surface area contributed by atoms with Crippen LogP contribution in [0.3, 0.4) is 0 Å². The molecule has 1 atom stereocenters. The molecule has 1 fully saturated rings. The lowest BCUT2D eigenvalue weighted by atomic mass is 9.86. The number of benzene rings is 1. The Labute approximate surface area is 140 Å². The predicted molar refractivity (Wildman–Crippen MR) is 80.7 cm³/mol. The van der Waals surface area contributed by atoms with Crippen molar-refractivity contribution in [1.29, 1.82) is 0 Å². The Morgan fingerprint density at radius 3 is 2.48 bits per heavy atom. The van der Waals surface area contributed by atoms with Crippen LogP contribution in [0.1, 0.15) is 16.9 Å². The van der Waals surface area contributed by atoms with Crippen molar-refractivity contribution in [3.63, 3.8) is 0 Å². The number of hydrogen-bond acceptors (Lipinski definition) is 3. The lowest BCUT2D eigenvalue weighted by Crippen LogP contribution is -2.47. The minimum Gasteiger partial charge on any atom is -0.481 e. The van der Waals surface area contributed by atoms with Crippen LogP contribution >= 0.6 is 0 Å². The monoisotopic (exact) mass is 353 g/mol. The van der Waals surface area contributed by atoms with Gasteiger partial charge in [-0.3, -0.25) is 14.7 Å². The molecule has 0 radical (unpaired) electrons.